The number of aromatic nitrogens is 1. The standard InChI is InChI=1S/C17H28N4/c1-17(2,3)19-12-14-6-4-8-18-16(14)21-11-10-20-9-5-7-15(20)13-21/h4,6,8,15,19H,5,7,9-13H2,1-3H3. The lowest BCUT2D eigenvalue weighted by molar-refractivity contribution is 0.230. The third-order valence-electron chi connectivity index (χ3n) is 4.56. The van der Waals surface area contributed by atoms with Crippen LogP contribution in [0.5, 0.6) is 0 Å². The molecule has 2 saturated heterocycles. The van der Waals surface area contributed by atoms with Gasteiger partial charge in [-0.1, -0.05) is 6.07 Å². The van der Waals surface area contributed by atoms with Gasteiger partial charge in [-0.2, -0.15) is 0 Å². The maximum Gasteiger partial charge on any atom is 0.133 e. The Morgan fingerprint density at radius 3 is 2.95 bits per heavy atom. The normalized spacial score (nSPS) is 23.4. The van der Waals surface area contributed by atoms with Crippen LogP contribution < -0.4 is 10.2 Å². The molecule has 21 heavy (non-hydrogen) atoms. The van der Waals surface area contributed by atoms with E-state index >= 15 is 0 Å². The van der Waals surface area contributed by atoms with E-state index in [9.17, 15) is 0 Å². The molecule has 0 amide bonds. The van der Waals surface area contributed by atoms with E-state index in [1.807, 2.05) is 6.20 Å². The Balaban J connectivity index is 1.72. The molecule has 2 aliphatic heterocycles. The van der Waals surface area contributed by atoms with Gasteiger partial charge >= 0.3 is 0 Å². The number of rotatable bonds is 3. The van der Waals surface area contributed by atoms with Crippen molar-refractivity contribution in [3.63, 3.8) is 0 Å². The van der Waals surface area contributed by atoms with E-state index < -0.39 is 0 Å². The second-order valence-corrected chi connectivity index (χ2v) is 7.37. The minimum absolute atomic E-state index is 0.136. The van der Waals surface area contributed by atoms with Gasteiger partial charge in [0.05, 0.1) is 0 Å². The summed E-state index contributed by atoms with van der Waals surface area (Å²) < 4.78 is 0. The minimum atomic E-state index is 0.136. The summed E-state index contributed by atoms with van der Waals surface area (Å²) >= 11 is 0. The Bertz CT molecular complexity index is 480. The van der Waals surface area contributed by atoms with Gasteiger partial charge in [-0.25, -0.2) is 4.98 Å². The van der Waals surface area contributed by atoms with Crippen LogP contribution in [0, 0.1) is 0 Å². The summed E-state index contributed by atoms with van der Waals surface area (Å²) in [5, 5.41) is 3.59. The quantitative estimate of drug-likeness (QED) is 0.924. The fraction of sp³-hybridized carbons (Fsp3) is 0.706. The molecule has 4 heteroatoms. The highest BCUT2D eigenvalue weighted by Crippen LogP contribution is 2.26. The first-order valence-electron chi connectivity index (χ1n) is 8.21. The number of piperazine rings is 1. The lowest BCUT2D eigenvalue weighted by atomic mass is 10.1. The molecule has 0 bridgehead atoms. The van der Waals surface area contributed by atoms with Gasteiger partial charge in [0.1, 0.15) is 5.82 Å². The maximum absolute atomic E-state index is 4.68. The largest absolute Gasteiger partial charge is 0.353 e. The smallest absolute Gasteiger partial charge is 0.133 e. The van der Waals surface area contributed by atoms with Crippen LogP contribution in [0.4, 0.5) is 5.82 Å². The highest BCUT2D eigenvalue weighted by atomic mass is 15.3. The lowest BCUT2D eigenvalue weighted by Crippen LogP contribution is -2.50. The molecule has 1 atom stereocenters. The van der Waals surface area contributed by atoms with Crippen LogP contribution in [0.2, 0.25) is 0 Å². The number of pyridine rings is 1. The molecular weight excluding hydrogens is 260 g/mol. The van der Waals surface area contributed by atoms with Crippen LogP contribution in [-0.2, 0) is 6.54 Å². The first-order chi connectivity index (χ1) is 10.0. The molecule has 2 fully saturated rings. The van der Waals surface area contributed by atoms with Crippen LogP contribution >= 0.6 is 0 Å². The van der Waals surface area contributed by atoms with Gasteiger partial charge < -0.3 is 10.2 Å². The number of nitrogens with zero attached hydrogens (tertiary/aromatic N) is 3. The molecular formula is C17H28N4. The third-order valence-corrected chi connectivity index (χ3v) is 4.56. The summed E-state index contributed by atoms with van der Waals surface area (Å²) in [6.45, 7) is 12.2. The number of hydrogen-bond acceptors (Lipinski definition) is 4. The van der Waals surface area contributed by atoms with Crippen molar-refractivity contribution in [3.8, 4) is 0 Å². The van der Waals surface area contributed by atoms with Gasteiger partial charge in [-0.15, -0.1) is 0 Å². The van der Waals surface area contributed by atoms with E-state index in [2.05, 4.69) is 53.0 Å². The SMILES string of the molecule is CC(C)(C)NCc1cccnc1N1CCN2CCCC2C1. The van der Waals surface area contributed by atoms with Crippen molar-refractivity contribution in [1.29, 1.82) is 0 Å². The lowest BCUT2D eigenvalue weighted by Gasteiger charge is -2.39. The average molecular weight is 288 g/mol. The molecule has 2 aliphatic rings. The van der Waals surface area contributed by atoms with E-state index in [0.717, 1.165) is 25.7 Å². The minimum Gasteiger partial charge on any atom is -0.353 e. The Morgan fingerprint density at radius 2 is 2.14 bits per heavy atom. The van der Waals surface area contributed by atoms with Crippen LogP contribution in [0.3, 0.4) is 0 Å². The zero-order valence-electron chi connectivity index (χ0n) is 13.6. The highest BCUT2D eigenvalue weighted by Gasteiger charge is 2.31. The Labute approximate surface area is 128 Å². The van der Waals surface area contributed by atoms with Crippen LogP contribution in [0.15, 0.2) is 18.3 Å². The molecule has 1 aromatic heterocycles. The number of anilines is 1. The molecule has 0 aromatic carbocycles. The van der Waals surface area contributed by atoms with Crippen LogP contribution in [0.25, 0.3) is 0 Å². The van der Waals surface area contributed by atoms with Crippen molar-refractivity contribution < 1.29 is 0 Å². The molecule has 3 rings (SSSR count). The Kier molecular flexibility index (Phi) is 4.18. The van der Waals surface area contributed by atoms with E-state index in [1.165, 1.54) is 37.3 Å². The Hall–Kier alpha value is -1.13. The van der Waals surface area contributed by atoms with E-state index in [4.69, 9.17) is 0 Å². The number of fused-ring (bicyclic) bond motifs is 1. The molecule has 1 aromatic rings. The predicted molar refractivity (Wildman–Crippen MR) is 87.6 cm³/mol. The fourth-order valence-electron chi connectivity index (χ4n) is 3.40. The van der Waals surface area contributed by atoms with Gasteiger partial charge in [0, 0.05) is 49.5 Å². The van der Waals surface area contributed by atoms with E-state index in [-0.39, 0.29) is 5.54 Å². The third kappa shape index (κ3) is 3.55. The Morgan fingerprint density at radius 1 is 1.29 bits per heavy atom. The van der Waals surface area contributed by atoms with Crippen molar-refractivity contribution in [3.05, 3.63) is 23.9 Å². The topological polar surface area (TPSA) is 31.4 Å². The van der Waals surface area contributed by atoms with E-state index in [1.54, 1.807) is 0 Å². The van der Waals surface area contributed by atoms with Crippen molar-refractivity contribution >= 4 is 5.82 Å². The second-order valence-electron chi connectivity index (χ2n) is 7.37. The first kappa shape index (κ1) is 14.8. The fourth-order valence-corrected chi connectivity index (χ4v) is 3.40. The van der Waals surface area contributed by atoms with Gasteiger partial charge in [-0.05, 0) is 46.2 Å². The molecule has 0 radical (unpaired) electrons. The molecule has 0 saturated carbocycles. The molecule has 4 nitrogen and oxygen atoms in total. The van der Waals surface area contributed by atoms with Gasteiger partial charge in [-0.3, -0.25) is 4.90 Å². The van der Waals surface area contributed by atoms with Crippen molar-refractivity contribution in [2.75, 3.05) is 31.1 Å². The molecule has 1 unspecified atom stereocenters. The summed E-state index contributed by atoms with van der Waals surface area (Å²) in [7, 11) is 0. The summed E-state index contributed by atoms with van der Waals surface area (Å²) in [6.07, 6.45) is 4.63. The van der Waals surface area contributed by atoms with Crippen molar-refractivity contribution in [2.45, 2.75) is 51.7 Å². The van der Waals surface area contributed by atoms with Crippen molar-refractivity contribution in [1.82, 2.24) is 15.2 Å². The van der Waals surface area contributed by atoms with Gasteiger partial charge in [0.25, 0.3) is 0 Å². The molecule has 3 heterocycles. The summed E-state index contributed by atoms with van der Waals surface area (Å²) in [5.41, 5.74) is 1.45. The van der Waals surface area contributed by atoms with Crippen LogP contribution in [0.1, 0.15) is 39.2 Å². The molecule has 1 N–H and O–H groups in total. The molecule has 0 aliphatic carbocycles. The summed E-state index contributed by atoms with van der Waals surface area (Å²) in [5.74, 6) is 1.18. The average Bonchev–Trinajstić information content (AvgIpc) is 2.92. The zero-order valence-corrected chi connectivity index (χ0v) is 13.6. The zero-order chi connectivity index (χ0) is 14.9. The molecule has 116 valence electrons. The molecule has 0 spiro atoms. The van der Waals surface area contributed by atoms with Crippen molar-refractivity contribution in [2.24, 2.45) is 0 Å². The monoisotopic (exact) mass is 288 g/mol. The maximum atomic E-state index is 4.68. The van der Waals surface area contributed by atoms with E-state index in [0.29, 0.717) is 0 Å². The van der Waals surface area contributed by atoms with Gasteiger partial charge in [0.15, 0.2) is 0 Å². The number of hydrogen-bond donors (Lipinski definition) is 1. The number of nitrogens with one attached hydrogen (secondary N) is 1. The first-order valence-corrected chi connectivity index (χ1v) is 8.21. The van der Waals surface area contributed by atoms with Crippen LogP contribution in [-0.4, -0.2) is 47.6 Å². The summed E-state index contributed by atoms with van der Waals surface area (Å²) in [4.78, 5) is 9.82. The van der Waals surface area contributed by atoms with Gasteiger partial charge in [0.2, 0.25) is 0 Å². The predicted octanol–water partition coefficient (Wildman–Crippen LogP) is 2.25. The second kappa shape index (κ2) is 5.93. The highest BCUT2D eigenvalue weighted by molar-refractivity contribution is 5.47. The summed E-state index contributed by atoms with van der Waals surface area (Å²) in [6, 6.07) is 5.00.